The zero-order chi connectivity index (χ0) is 11.2. The van der Waals surface area contributed by atoms with Crippen LogP contribution in [0.15, 0.2) is 16.9 Å². The lowest BCUT2D eigenvalue weighted by molar-refractivity contribution is 0.589. The van der Waals surface area contributed by atoms with Crippen molar-refractivity contribution in [1.29, 1.82) is 0 Å². The van der Waals surface area contributed by atoms with Gasteiger partial charge in [0.25, 0.3) is 0 Å². The van der Waals surface area contributed by atoms with E-state index in [1.165, 1.54) is 6.07 Å². The number of halogens is 1. The first-order valence-corrected chi connectivity index (χ1v) is 4.91. The van der Waals surface area contributed by atoms with Crippen molar-refractivity contribution in [3.8, 4) is 0 Å². The molecular formula is C11H13FN2O. The van der Waals surface area contributed by atoms with Crippen LogP contribution in [0.1, 0.15) is 25.5 Å². The van der Waals surface area contributed by atoms with Crippen LogP contribution >= 0.6 is 0 Å². The van der Waals surface area contributed by atoms with E-state index in [-0.39, 0.29) is 17.5 Å². The van der Waals surface area contributed by atoms with Crippen molar-refractivity contribution in [3.05, 3.63) is 34.0 Å². The summed E-state index contributed by atoms with van der Waals surface area (Å²) in [7, 11) is 0. The molecule has 2 aromatic rings. The Labute approximate surface area is 86.5 Å². The van der Waals surface area contributed by atoms with Crippen LogP contribution in [0.25, 0.3) is 11.0 Å². The summed E-state index contributed by atoms with van der Waals surface area (Å²) in [6.45, 7) is 5.49. The maximum atomic E-state index is 13.4. The summed E-state index contributed by atoms with van der Waals surface area (Å²) >= 11 is 0. The predicted octanol–water partition coefficient (Wildman–Crippen LogP) is 2.36. The van der Waals surface area contributed by atoms with E-state index in [1.54, 1.807) is 17.6 Å². The quantitative estimate of drug-likeness (QED) is 0.767. The number of fused-ring (bicyclic) bond motifs is 1. The molecule has 0 fully saturated rings. The standard InChI is InChI=1S/C11H13FN2O/c1-6(2)14-10-7(3)8(12)4-5-9(10)13-11(14)15/h4-6H,1-3H3,(H,13,15). The highest BCUT2D eigenvalue weighted by Gasteiger charge is 2.13. The van der Waals surface area contributed by atoms with Crippen LogP contribution in [0, 0.1) is 12.7 Å². The van der Waals surface area contributed by atoms with Crippen molar-refractivity contribution in [1.82, 2.24) is 9.55 Å². The summed E-state index contributed by atoms with van der Waals surface area (Å²) in [5, 5.41) is 0. The molecule has 0 amide bonds. The number of aryl methyl sites for hydroxylation is 1. The molecule has 4 heteroatoms. The number of imidazole rings is 1. The number of hydrogen-bond acceptors (Lipinski definition) is 1. The highest BCUT2D eigenvalue weighted by atomic mass is 19.1. The molecule has 0 spiro atoms. The summed E-state index contributed by atoms with van der Waals surface area (Å²) in [4.78, 5) is 14.3. The van der Waals surface area contributed by atoms with E-state index >= 15 is 0 Å². The van der Waals surface area contributed by atoms with Crippen LogP contribution in [-0.2, 0) is 0 Å². The first-order chi connectivity index (χ1) is 7.02. The van der Waals surface area contributed by atoms with Gasteiger partial charge in [0.1, 0.15) is 5.82 Å². The van der Waals surface area contributed by atoms with Gasteiger partial charge in [-0.1, -0.05) is 0 Å². The fourth-order valence-corrected chi connectivity index (χ4v) is 1.86. The normalized spacial score (nSPS) is 11.5. The summed E-state index contributed by atoms with van der Waals surface area (Å²) < 4.78 is 14.9. The fraction of sp³-hybridized carbons (Fsp3) is 0.364. The van der Waals surface area contributed by atoms with Gasteiger partial charge in [-0.25, -0.2) is 9.18 Å². The van der Waals surface area contributed by atoms with Crippen LogP contribution < -0.4 is 5.69 Å². The Bertz CT molecular complexity index is 566. The Morgan fingerprint density at radius 3 is 2.67 bits per heavy atom. The number of benzene rings is 1. The number of nitrogens with zero attached hydrogens (tertiary/aromatic N) is 1. The van der Waals surface area contributed by atoms with Crippen LogP contribution in [-0.4, -0.2) is 9.55 Å². The minimum Gasteiger partial charge on any atom is -0.306 e. The molecule has 0 unspecified atom stereocenters. The van der Waals surface area contributed by atoms with Crippen molar-refractivity contribution in [3.63, 3.8) is 0 Å². The maximum absolute atomic E-state index is 13.4. The van der Waals surface area contributed by atoms with Crippen LogP contribution in [0.2, 0.25) is 0 Å². The average molecular weight is 208 g/mol. The molecule has 0 saturated heterocycles. The van der Waals surface area contributed by atoms with Crippen molar-refractivity contribution in [2.24, 2.45) is 0 Å². The van der Waals surface area contributed by atoms with Gasteiger partial charge < -0.3 is 4.98 Å². The minimum absolute atomic E-state index is 0.0201. The molecule has 15 heavy (non-hydrogen) atoms. The lowest BCUT2D eigenvalue weighted by Gasteiger charge is -2.08. The van der Waals surface area contributed by atoms with Gasteiger partial charge in [0.2, 0.25) is 0 Å². The molecule has 0 saturated carbocycles. The van der Waals surface area contributed by atoms with Gasteiger partial charge in [-0.3, -0.25) is 4.57 Å². The van der Waals surface area contributed by atoms with Crippen molar-refractivity contribution in [2.75, 3.05) is 0 Å². The van der Waals surface area contributed by atoms with Crippen LogP contribution in [0.5, 0.6) is 0 Å². The molecule has 1 aromatic heterocycles. The number of aromatic amines is 1. The molecule has 3 nitrogen and oxygen atoms in total. The van der Waals surface area contributed by atoms with Gasteiger partial charge in [-0.2, -0.15) is 0 Å². The second-order valence-corrected chi connectivity index (χ2v) is 3.96. The molecule has 1 aromatic carbocycles. The number of rotatable bonds is 1. The van der Waals surface area contributed by atoms with Gasteiger partial charge in [0, 0.05) is 11.6 Å². The molecule has 2 rings (SSSR count). The smallest absolute Gasteiger partial charge is 0.306 e. The summed E-state index contributed by atoms with van der Waals surface area (Å²) in [5.74, 6) is -0.282. The predicted molar refractivity (Wildman–Crippen MR) is 57.6 cm³/mol. The monoisotopic (exact) mass is 208 g/mol. The van der Waals surface area contributed by atoms with Gasteiger partial charge in [0.15, 0.2) is 0 Å². The highest BCUT2D eigenvalue weighted by molar-refractivity contribution is 5.79. The Morgan fingerprint density at radius 2 is 2.07 bits per heavy atom. The number of aromatic nitrogens is 2. The Hall–Kier alpha value is -1.58. The molecule has 1 N–H and O–H groups in total. The van der Waals surface area contributed by atoms with Crippen molar-refractivity contribution < 1.29 is 4.39 Å². The summed E-state index contributed by atoms with van der Waals surface area (Å²) in [6, 6.07) is 2.99. The fourth-order valence-electron chi connectivity index (χ4n) is 1.86. The zero-order valence-electron chi connectivity index (χ0n) is 8.97. The first kappa shape index (κ1) is 9.96. The summed E-state index contributed by atoms with van der Waals surface area (Å²) in [6.07, 6.45) is 0. The van der Waals surface area contributed by atoms with E-state index in [4.69, 9.17) is 0 Å². The summed E-state index contributed by atoms with van der Waals surface area (Å²) in [5.41, 5.74) is 1.68. The molecule has 0 bridgehead atoms. The van der Waals surface area contributed by atoms with E-state index in [2.05, 4.69) is 4.98 Å². The third kappa shape index (κ3) is 1.37. The Morgan fingerprint density at radius 1 is 1.40 bits per heavy atom. The second-order valence-electron chi connectivity index (χ2n) is 3.96. The Kier molecular flexibility index (Phi) is 2.14. The molecule has 1 heterocycles. The number of nitrogens with one attached hydrogen (secondary N) is 1. The lowest BCUT2D eigenvalue weighted by atomic mass is 10.2. The molecule has 0 aliphatic rings. The maximum Gasteiger partial charge on any atom is 0.326 e. The first-order valence-electron chi connectivity index (χ1n) is 4.91. The average Bonchev–Trinajstić information content (AvgIpc) is 2.49. The molecule has 0 aliphatic carbocycles. The van der Waals surface area contributed by atoms with Gasteiger partial charge in [-0.05, 0) is 32.9 Å². The molecule has 0 atom stereocenters. The molecule has 0 radical (unpaired) electrons. The van der Waals surface area contributed by atoms with Crippen LogP contribution in [0.4, 0.5) is 4.39 Å². The van der Waals surface area contributed by atoms with E-state index in [1.807, 2.05) is 13.8 Å². The van der Waals surface area contributed by atoms with Crippen molar-refractivity contribution >= 4 is 11.0 Å². The van der Waals surface area contributed by atoms with Gasteiger partial charge >= 0.3 is 5.69 Å². The largest absolute Gasteiger partial charge is 0.326 e. The van der Waals surface area contributed by atoms with Crippen LogP contribution in [0.3, 0.4) is 0 Å². The molecular weight excluding hydrogens is 195 g/mol. The lowest BCUT2D eigenvalue weighted by Crippen LogP contribution is -2.18. The molecule has 0 aliphatic heterocycles. The number of H-pyrrole nitrogens is 1. The number of hydrogen-bond donors (Lipinski definition) is 1. The van der Waals surface area contributed by atoms with Gasteiger partial charge in [0.05, 0.1) is 11.0 Å². The third-order valence-electron chi connectivity index (χ3n) is 2.58. The second kappa shape index (κ2) is 3.22. The minimum atomic E-state index is -0.282. The van der Waals surface area contributed by atoms with Crippen molar-refractivity contribution in [2.45, 2.75) is 26.8 Å². The van der Waals surface area contributed by atoms with Gasteiger partial charge in [-0.15, -0.1) is 0 Å². The highest BCUT2D eigenvalue weighted by Crippen LogP contribution is 2.20. The Balaban J connectivity index is 2.96. The van der Waals surface area contributed by atoms with E-state index in [9.17, 15) is 9.18 Å². The van der Waals surface area contributed by atoms with E-state index in [0.717, 1.165) is 0 Å². The third-order valence-corrected chi connectivity index (χ3v) is 2.58. The van der Waals surface area contributed by atoms with E-state index < -0.39 is 0 Å². The molecule has 80 valence electrons. The SMILES string of the molecule is Cc1c(F)ccc2[nH]c(=O)n(C(C)C)c12. The zero-order valence-corrected chi connectivity index (χ0v) is 8.97. The van der Waals surface area contributed by atoms with E-state index in [0.29, 0.717) is 16.6 Å². The topological polar surface area (TPSA) is 37.8 Å².